The Morgan fingerprint density at radius 2 is 0.966 bits per heavy atom. The molecule has 1 amide bonds. The molecule has 0 atom stereocenters. The van der Waals surface area contributed by atoms with Gasteiger partial charge in [-0.2, -0.15) is 0 Å². The molecule has 0 saturated carbocycles. The fourth-order valence-corrected chi connectivity index (χ4v) is 4.75. The molecule has 4 aromatic rings. The van der Waals surface area contributed by atoms with Crippen LogP contribution in [-0.2, 0) is 10.2 Å². The van der Waals surface area contributed by atoms with Crippen LogP contribution in [0, 0.1) is 0 Å². The summed E-state index contributed by atoms with van der Waals surface area (Å²) in [5.74, 6) is 0.0135. The van der Waals surface area contributed by atoms with Gasteiger partial charge in [-0.25, -0.2) is 0 Å². The number of nitrogens with zero attached hydrogens (tertiary/aromatic N) is 1. The third-order valence-electron chi connectivity index (χ3n) is 5.83. The first-order valence-corrected chi connectivity index (χ1v) is 9.85. The maximum absolute atomic E-state index is 12.7. The Morgan fingerprint density at radius 1 is 0.586 bits per heavy atom. The Labute approximate surface area is 171 Å². The molecule has 2 nitrogen and oxygen atoms in total. The molecule has 0 bridgehead atoms. The van der Waals surface area contributed by atoms with Crippen molar-refractivity contribution in [3.05, 3.63) is 131 Å². The molecule has 29 heavy (non-hydrogen) atoms. The molecule has 1 aliphatic rings. The van der Waals surface area contributed by atoms with E-state index in [-0.39, 0.29) is 5.91 Å². The minimum Gasteiger partial charge on any atom is -0.281 e. The molecule has 0 unspecified atom stereocenters. The van der Waals surface area contributed by atoms with Crippen molar-refractivity contribution in [2.24, 2.45) is 0 Å². The lowest BCUT2D eigenvalue weighted by molar-refractivity contribution is -0.115. The maximum Gasteiger partial charge on any atom is 0.228 e. The van der Waals surface area contributed by atoms with Crippen LogP contribution < -0.4 is 4.90 Å². The largest absolute Gasteiger partial charge is 0.281 e. The van der Waals surface area contributed by atoms with Crippen LogP contribution in [0.25, 0.3) is 0 Å². The first kappa shape index (κ1) is 17.4. The number of para-hydroxylation sites is 2. The number of carbonyl (C=O) groups is 1. The van der Waals surface area contributed by atoms with E-state index >= 15 is 0 Å². The number of hydrogen-bond donors (Lipinski definition) is 0. The predicted molar refractivity (Wildman–Crippen MR) is 118 cm³/mol. The van der Waals surface area contributed by atoms with Gasteiger partial charge in [-0.05, 0) is 34.4 Å². The number of anilines is 2. The molecule has 2 heteroatoms. The van der Waals surface area contributed by atoms with E-state index in [1.54, 1.807) is 6.92 Å². The Hall–Kier alpha value is -3.65. The fraction of sp³-hybridized carbons (Fsp3) is 0.0741. The zero-order valence-electron chi connectivity index (χ0n) is 16.2. The van der Waals surface area contributed by atoms with Crippen molar-refractivity contribution in [2.45, 2.75) is 12.3 Å². The SMILES string of the molecule is CC(=O)N1c2ccccc2C(c2ccccc2)(c2ccccc2)c2ccccc21. The Bertz CT molecular complexity index is 1090. The average Bonchev–Trinajstić information content (AvgIpc) is 2.78. The molecule has 0 radical (unpaired) electrons. The number of carbonyl (C=O) groups excluding carboxylic acids is 1. The van der Waals surface area contributed by atoms with Crippen molar-refractivity contribution in [1.82, 2.24) is 0 Å². The van der Waals surface area contributed by atoms with Gasteiger partial charge >= 0.3 is 0 Å². The lowest BCUT2D eigenvalue weighted by Gasteiger charge is -2.45. The molecule has 0 fully saturated rings. The third kappa shape index (κ3) is 2.46. The van der Waals surface area contributed by atoms with Crippen molar-refractivity contribution in [2.75, 3.05) is 4.90 Å². The monoisotopic (exact) mass is 375 g/mol. The highest BCUT2D eigenvalue weighted by Gasteiger charge is 2.46. The molecule has 140 valence electrons. The van der Waals surface area contributed by atoms with E-state index < -0.39 is 5.41 Å². The molecular formula is C27H21NO. The lowest BCUT2D eigenvalue weighted by atomic mass is 9.62. The van der Waals surface area contributed by atoms with Gasteiger partial charge in [-0.1, -0.05) is 97.1 Å². The second kappa shape index (κ2) is 6.75. The molecule has 0 aliphatic carbocycles. The number of fused-ring (bicyclic) bond motifs is 2. The van der Waals surface area contributed by atoms with E-state index in [1.807, 2.05) is 41.3 Å². The van der Waals surface area contributed by atoms with Gasteiger partial charge in [0.25, 0.3) is 0 Å². The van der Waals surface area contributed by atoms with Crippen LogP contribution in [0.4, 0.5) is 11.4 Å². The van der Waals surface area contributed by atoms with E-state index in [1.165, 1.54) is 11.1 Å². The van der Waals surface area contributed by atoms with Crippen LogP contribution in [-0.4, -0.2) is 5.91 Å². The fourth-order valence-electron chi connectivity index (χ4n) is 4.75. The molecular weight excluding hydrogens is 354 g/mol. The average molecular weight is 375 g/mol. The first-order valence-electron chi connectivity index (χ1n) is 9.85. The van der Waals surface area contributed by atoms with E-state index in [4.69, 9.17) is 0 Å². The highest BCUT2D eigenvalue weighted by Crippen LogP contribution is 2.55. The molecule has 0 N–H and O–H groups in total. The Balaban J connectivity index is 1.99. The normalized spacial score (nSPS) is 14.0. The predicted octanol–water partition coefficient (Wildman–Crippen LogP) is 6.07. The van der Waals surface area contributed by atoms with Gasteiger partial charge in [0.2, 0.25) is 5.91 Å². The summed E-state index contributed by atoms with van der Waals surface area (Å²) < 4.78 is 0. The first-order chi connectivity index (χ1) is 14.2. The Kier molecular flexibility index (Phi) is 4.06. The minimum atomic E-state index is -0.498. The summed E-state index contributed by atoms with van der Waals surface area (Å²) in [7, 11) is 0. The van der Waals surface area contributed by atoms with Crippen molar-refractivity contribution in [3.8, 4) is 0 Å². The van der Waals surface area contributed by atoms with Crippen LogP contribution >= 0.6 is 0 Å². The lowest BCUT2D eigenvalue weighted by Crippen LogP contribution is -2.40. The highest BCUT2D eigenvalue weighted by atomic mass is 16.2. The zero-order valence-corrected chi connectivity index (χ0v) is 16.2. The third-order valence-corrected chi connectivity index (χ3v) is 5.83. The molecule has 5 rings (SSSR count). The molecule has 0 spiro atoms. The highest BCUT2D eigenvalue weighted by molar-refractivity contribution is 6.03. The van der Waals surface area contributed by atoms with E-state index in [0.717, 1.165) is 22.5 Å². The van der Waals surface area contributed by atoms with Gasteiger partial charge in [0.1, 0.15) is 0 Å². The van der Waals surface area contributed by atoms with Gasteiger partial charge in [-0.3, -0.25) is 9.69 Å². The zero-order chi connectivity index (χ0) is 19.8. The summed E-state index contributed by atoms with van der Waals surface area (Å²) in [6.45, 7) is 1.63. The molecule has 0 saturated heterocycles. The molecule has 0 aromatic heterocycles. The number of benzene rings is 4. The summed E-state index contributed by atoms with van der Waals surface area (Å²) in [5, 5.41) is 0. The van der Waals surface area contributed by atoms with Gasteiger partial charge in [-0.15, -0.1) is 0 Å². The van der Waals surface area contributed by atoms with Crippen molar-refractivity contribution in [1.29, 1.82) is 0 Å². The van der Waals surface area contributed by atoms with Crippen LogP contribution in [0.5, 0.6) is 0 Å². The molecule has 4 aromatic carbocycles. The van der Waals surface area contributed by atoms with Gasteiger partial charge in [0, 0.05) is 6.92 Å². The summed E-state index contributed by atoms with van der Waals surface area (Å²) in [4.78, 5) is 14.6. The van der Waals surface area contributed by atoms with Gasteiger partial charge < -0.3 is 0 Å². The van der Waals surface area contributed by atoms with Crippen molar-refractivity contribution < 1.29 is 4.79 Å². The Morgan fingerprint density at radius 3 is 1.38 bits per heavy atom. The maximum atomic E-state index is 12.7. The second-order valence-electron chi connectivity index (χ2n) is 7.37. The van der Waals surface area contributed by atoms with Gasteiger partial charge in [0.15, 0.2) is 0 Å². The minimum absolute atomic E-state index is 0.0135. The van der Waals surface area contributed by atoms with Crippen LogP contribution in [0.3, 0.4) is 0 Å². The summed E-state index contributed by atoms with van der Waals surface area (Å²) in [6, 6.07) is 37.7. The molecule has 1 aliphatic heterocycles. The number of hydrogen-bond acceptors (Lipinski definition) is 1. The van der Waals surface area contributed by atoms with Crippen LogP contribution in [0.15, 0.2) is 109 Å². The summed E-state index contributed by atoms with van der Waals surface area (Å²) >= 11 is 0. The number of rotatable bonds is 2. The van der Waals surface area contributed by atoms with Crippen LogP contribution in [0.2, 0.25) is 0 Å². The van der Waals surface area contributed by atoms with Crippen molar-refractivity contribution >= 4 is 17.3 Å². The summed E-state index contributed by atoms with van der Waals surface area (Å²) in [5.41, 5.74) is 5.99. The van der Waals surface area contributed by atoms with E-state index in [2.05, 4.69) is 72.8 Å². The molecule has 1 heterocycles. The van der Waals surface area contributed by atoms with E-state index in [0.29, 0.717) is 0 Å². The number of amides is 1. The quantitative estimate of drug-likeness (QED) is 0.416. The second-order valence-corrected chi connectivity index (χ2v) is 7.37. The topological polar surface area (TPSA) is 20.3 Å². The van der Waals surface area contributed by atoms with Gasteiger partial charge in [0.05, 0.1) is 16.8 Å². The standard InChI is InChI=1S/C27H21NO/c1-20(29)28-25-18-10-8-16-23(25)27(21-12-4-2-5-13-21,22-14-6-3-7-15-22)24-17-9-11-19-26(24)28/h2-19H,1H3. The summed E-state index contributed by atoms with van der Waals surface area (Å²) in [6.07, 6.45) is 0. The van der Waals surface area contributed by atoms with E-state index in [9.17, 15) is 4.79 Å². The smallest absolute Gasteiger partial charge is 0.228 e. The van der Waals surface area contributed by atoms with Crippen LogP contribution in [0.1, 0.15) is 29.2 Å². The van der Waals surface area contributed by atoms with Crippen molar-refractivity contribution in [3.63, 3.8) is 0 Å².